The summed E-state index contributed by atoms with van der Waals surface area (Å²) in [5, 5.41) is 2.90. The topological polar surface area (TPSA) is 21.3 Å². The minimum atomic E-state index is -4.08. The third-order valence-electron chi connectivity index (χ3n) is 1.54. The summed E-state index contributed by atoms with van der Waals surface area (Å²) in [6.45, 7) is 5.13. The van der Waals surface area contributed by atoms with Crippen LogP contribution in [0.3, 0.4) is 0 Å². The van der Waals surface area contributed by atoms with Gasteiger partial charge in [-0.3, -0.25) is 0 Å². The highest BCUT2D eigenvalue weighted by atomic mass is 19.3. The number of hydrogen-bond acceptors (Lipinski definition) is 2. The van der Waals surface area contributed by atoms with Crippen LogP contribution in [0.2, 0.25) is 0 Å². The monoisotopic (exact) mass is 229 g/mol. The summed E-state index contributed by atoms with van der Waals surface area (Å²) >= 11 is 0. The smallest absolute Gasteiger partial charge is 0.330 e. The van der Waals surface area contributed by atoms with Gasteiger partial charge in [0.2, 0.25) is 0 Å². The van der Waals surface area contributed by atoms with Gasteiger partial charge < -0.3 is 10.1 Å². The molecule has 1 N–H and O–H groups in total. The van der Waals surface area contributed by atoms with E-state index in [1.54, 1.807) is 0 Å². The number of ether oxygens (including phenoxy) is 1. The lowest BCUT2D eigenvalue weighted by Gasteiger charge is -2.15. The first-order valence-electron chi connectivity index (χ1n) is 4.51. The maximum absolute atomic E-state index is 12.3. The van der Waals surface area contributed by atoms with Crippen molar-refractivity contribution in [3.63, 3.8) is 0 Å². The van der Waals surface area contributed by atoms with Gasteiger partial charge in [0.1, 0.15) is 6.61 Å². The van der Waals surface area contributed by atoms with Crippen molar-refractivity contribution in [2.24, 2.45) is 0 Å². The highest BCUT2D eigenvalue weighted by Gasteiger charge is 2.40. The van der Waals surface area contributed by atoms with E-state index in [0.29, 0.717) is 18.7 Å². The SMILES string of the molecule is C=C(CNCC)COCC(F)(F)C(F)F. The molecule has 0 amide bonds. The number of alkyl halides is 4. The molecule has 2 nitrogen and oxygen atoms in total. The van der Waals surface area contributed by atoms with Crippen molar-refractivity contribution in [3.05, 3.63) is 12.2 Å². The van der Waals surface area contributed by atoms with E-state index in [0.717, 1.165) is 0 Å². The molecule has 0 rings (SSSR count). The predicted octanol–water partition coefficient (Wildman–Crippen LogP) is 2.07. The first-order valence-corrected chi connectivity index (χ1v) is 4.51. The predicted molar refractivity (Wildman–Crippen MR) is 49.5 cm³/mol. The zero-order chi connectivity index (χ0) is 11.9. The van der Waals surface area contributed by atoms with E-state index < -0.39 is 19.0 Å². The van der Waals surface area contributed by atoms with Crippen LogP contribution < -0.4 is 5.32 Å². The van der Waals surface area contributed by atoms with Gasteiger partial charge in [0.05, 0.1) is 6.61 Å². The zero-order valence-electron chi connectivity index (χ0n) is 8.53. The Hall–Kier alpha value is -0.620. The number of halogens is 4. The minimum absolute atomic E-state index is 0.144. The molecule has 0 spiro atoms. The van der Waals surface area contributed by atoms with Crippen molar-refractivity contribution in [2.45, 2.75) is 19.3 Å². The van der Waals surface area contributed by atoms with E-state index in [-0.39, 0.29) is 6.61 Å². The molecule has 0 saturated carbocycles. The molecule has 0 radical (unpaired) electrons. The standard InChI is InChI=1S/C9H15F4NO/c1-3-14-4-7(2)5-15-6-9(12,13)8(10)11/h8,14H,2-6H2,1H3. The first-order chi connectivity index (χ1) is 6.90. The van der Waals surface area contributed by atoms with Crippen LogP contribution in [0, 0.1) is 0 Å². The van der Waals surface area contributed by atoms with Crippen molar-refractivity contribution in [2.75, 3.05) is 26.3 Å². The second kappa shape index (κ2) is 6.79. The Bertz CT molecular complexity index is 197. The molecule has 0 aliphatic carbocycles. The van der Waals surface area contributed by atoms with Gasteiger partial charge in [-0.25, -0.2) is 8.78 Å². The molecule has 0 aromatic heterocycles. The number of likely N-dealkylation sites (N-methyl/N-ethyl adjacent to an activating group) is 1. The highest BCUT2D eigenvalue weighted by molar-refractivity contribution is 4.96. The molecular weight excluding hydrogens is 214 g/mol. The Balaban J connectivity index is 3.65. The van der Waals surface area contributed by atoms with Gasteiger partial charge in [0, 0.05) is 6.54 Å². The van der Waals surface area contributed by atoms with Gasteiger partial charge in [0.15, 0.2) is 0 Å². The minimum Gasteiger partial charge on any atom is -0.371 e. The average molecular weight is 229 g/mol. The molecule has 0 unspecified atom stereocenters. The lowest BCUT2D eigenvalue weighted by Crippen LogP contribution is -2.33. The fraction of sp³-hybridized carbons (Fsp3) is 0.778. The van der Waals surface area contributed by atoms with Gasteiger partial charge in [-0.15, -0.1) is 0 Å². The summed E-state index contributed by atoms with van der Waals surface area (Å²) in [5.74, 6) is -4.08. The number of nitrogens with one attached hydrogen (secondary N) is 1. The molecule has 6 heteroatoms. The van der Waals surface area contributed by atoms with Crippen molar-refractivity contribution < 1.29 is 22.3 Å². The van der Waals surface area contributed by atoms with Gasteiger partial charge in [-0.05, 0) is 12.1 Å². The molecular formula is C9H15F4NO. The maximum atomic E-state index is 12.3. The fourth-order valence-electron chi connectivity index (χ4n) is 0.747. The Morgan fingerprint density at radius 1 is 1.47 bits per heavy atom. The van der Waals surface area contributed by atoms with Crippen LogP contribution in [0.5, 0.6) is 0 Å². The van der Waals surface area contributed by atoms with Gasteiger partial charge >= 0.3 is 12.3 Å². The third-order valence-corrected chi connectivity index (χ3v) is 1.54. The Kier molecular flexibility index (Phi) is 6.51. The van der Waals surface area contributed by atoms with Gasteiger partial charge in [-0.2, -0.15) is 8.78 Å². The highest BCUT2D eigenvalue weighted by Crippen LogP contribution is 2.22. The molecule has 0 bridgehead atoms. The van der Waals surface area contributed by atoms with E-state index >= 15 is 0 Å². The molecule has 0 aliphatic rings. The quantitative estimate of drug-likeness (QED) is 0.508. The normalized spacial score (nSPS) is 12.1. The molecule has 90 valence electrons. The third kappa shape index (κ3) is 6.46. The number of rotatable bonds is 8. The summed E-state index contributed by atoms with van der Waals surface area (Å²) in [6.07, 6.45) is -3.69. The van der Waals surface area contributed by atoms with Crippen LogP contribution in [0.25, 0.3) is 0 Å². The summed E-state index contributed by atoms with van der Waals surface area (Å²) < 4.78 is 52.5. The Labute approximate surface area is 86.3 Å². The van der Waals surface area contributed by atoms with Crippen molar-refractivity contribution in [1.82, 2.24) is 5.32 Å². The van der Waals surface area contributed by atoms with Crippen molar-refractivity contribution in [1.29, 1.82) is 0 Å². The number of hydrogen-bond donors (Lipinski definition) is 1. The van der Waals surface area contributed by atoms with Gasteiger partial charge in [-0.1, -0.05) is 13.5 Å². The van der Waals surface area contributed by atoms with Crippen molar-refractivity contribution in [3.8, 4) is 0 Å². The second-order valence-corrected chi connectivity index (χ2v) is 3.08. The molecule has 0 aromatic carbocycles. The molecule has 15 heavy (non-hydrogen) atoms. The Morgan fingerprint density at radius 2 is 2.07 bits per heavy atom. The molecule has 0 aliphatic heterocycles. The molecule has 0 atom stereocenters. The van der Waals surface area contributed by atoms with Crippen LogP contribution in [0.15, 0.2) is 12.2 Å². The largest absolute Gasteiger partial charge is 0.371 e. The van der Waals surface area contributed by atoms with E-state index in [1.807, 2.05) is 6.92 Å². The van der Waals surface area contributed by atoms with E-state index in [2.05, 4.69) is 16.6 Å². The van der Waals surface area contributed by atoms with E-state index in [1.165, 1.54) is 0 Å². The molecule has 0 heterocycles. The Morgan fingerprint density at radius 3 is 2.53 bits per heavy atom. The van der Waals surface area contributed by atoms with Gasteiger partial charge in [0.25, 0.3) is 0 Å². The molecule has 0 aromatic rings. The zero-order valence-corrected chi connectivity index (χ0v) is 8.53. The lowest BCUT2D eigenvalue weighted by atomic mass is 10.3. The fourth-order valence-corrected chi connectivity index (χ4v) is 0.747. The first kappa shape index (κ1) is 14.4. The summed E-state index contributed by atoms with van der Waals surface area (Å²) in [6, 6.07) is 0. The average Bonchev–Trinajstić information content (AvgIpc) is 2.14. The molecule has 0 saturated heterocycles. The lowest BCUT2D eigenvalue weighted by molar-refractivity contribution is -0.163. The van der Waals surface area contributed by atoms with Crippen molar-refractivity contribution >= 4 is 0 Å². The van der Waals surface area contributed by atoms with E-state index in [9.17, 15) is 17.6 Å². The van der Waals surface area contributed by atoms with Crippen LogP contribution >= 0.6 is 0 Å². The van der Waals surface area contributed by atoms with Crippen LogP contribution in [-0.4, -0.2) is 38.7 Å². The summed E-state index contributed by atoms with van der Waals surface area (Å²) in [5.41, 5.74) is 0.543. The molecule has 0 fully saturated rings. The maximum Gasteiger partial charge on any atom is 0.330 e. The van der Waals surface area contributed by atoms with Crippen LogP contribution in [0.1, 0.15) is 6.92 Å². The van der Waals surface area contributed by atoms with E-state index in [4.69, 9.17) is 0 Å². The second-order valence-electron chi connectivity index (χ2n) is 3.08. The van der Waals surface area contributed by atoms with Crippen LogP contribution in [0.4, 0.5) is 17.6 Å². The van der Waals surface area contributed by atoms with Crippen LogP contribution in [-0.2, 0) is 4.74 Å². The summed E-state index contributed by atoms with van der Waals surface area (Å²) in [7, 11) is 0. The summed E-state index contributed by atoms with van der Waals surface area (Å²) in [4.78, 5) is 0.